The van der Waals surface area contributed by atoms with Gasteiger partial charge in [-0.15, -0.1) is 0 Å². The van der Waals surface area contributed by atoms with Crippen LogP contribution in [0.15, 0.2) is 22.7 Å². The molecule has 0 aromatic heterocycles. The molecule has 6 heteroatoms. The summed E-state index contributed by atoms with van der Waals surface area (Å²) in [7, 11) is 0. The van der Waals surface area contributed by atoms with Crippen LogP contribution in [-0.2, 0) is 0 Å². The minimum absolute atomic E-state index is 0.0710. The Kier molecular flexibility index (Phi) is 4.75. The average Bonchev–Trinajstić information content (AvgIpc) is 2.62. The van der Waals surface area contributed by atoms with E-state index < -0.39 is 4.92 Å². The smallest absolute Gasteiger partial charge is 0.284 e. The van der Waals surface area contributed by atoms with Crippen LogP contribution < -0.4 is 0 Å². The van der Waals surface area contributed by atoms with Crippen LogP contribution in [0.2, 0.25) is 0 Å². The van der Waals surface area contributed by atoms with Gasteiger partial charge in [0.1, 0.15) is 4.47 Å². The number of rotatable bonds is 2. The quantitative estimate of drug-likeness (QED) is 0.608. The number of benzene rings is 1. The lowest BCUT2D eigenvalue weighted by atomic mass is 10.1. The summed E-state index contributed by atoms with van der Waals surface area (Å²) in [6, 6.07) is 4.76. The molecule has 1 heterocycles. The van der Waals surface area contributed by atoms with Crippen molar-refractivity contribution in [2.75, 3.05) is 6.54 Å². The molecule has 0 saturated carbocycles. The molecule has 0 N–H and O–H groups in total. The predicted molar refractivity (Wildman–Crippen MR) is 79.8 cm³/mol. The monoisotopic (exact) mass is 340 g/mol. The van der Waals surface area contributed by atoms with E-state index in [2.05, 4.69) is 15.9 Å². The number of nitro benzene ring substituents is 1. The first-order valence-corrected chi connectivity index (χ1v) is 7.55. The molecule has 1 atom stereocenters. The van der Waals surface area contributed by atoms with E-state index in [-0.39, 0.29) is 22.1 Å². The average molecular weight is 341 g/mol. The van der Waals surface area contributed by atoms with Crippen LogP contribution in [-0.4, -0.2) is 28.3 Å². The van der Waals surface area contributed by atoms with Gasteiger partial charge in [-0.05, 0) is 41.8 Å². The molecular formula is C14H17BrN2O3. The van der Waals surface area contributed by atoms with E-state index in [1.54, 1.807) is 12.1 Å². The van der Waals surface area contributed by atoms with Gasteiger partial charge in [-0.1, -0.05) is 18.9 Å². The molecule has 20 heavy (non-hydrogen) atoms. The molecule has 0 bridgehead atoms. The molecule has 2 rings (SSSR count). The highest BCUT2D eigenvalue weighted by molar-refractivity contribution is 9.10. The van der Waals surface area contributed by atoms with E-state index in [0.29, 0.717) is 5.56 Å². The zero-order valence-corrected chi connectivity index (χ0v) is 12.9. The van der Waals surface area contributed by atoms with Crippen LogP contribution in [0, 0.1) is 10.1 Å². The number of hydrogen-bond acceptors (Lipinski definition) is 3. The van der Waals surface area contributed by atoms with Gasteiger partial charge in [-0.2, -0.15) is 0 Å². The molecule has 5 nitrogen and oxygen atoms in total. The van der Waals surface area contributed by atoms with Gasteiger partial charge in [-0.25, -0.2) is 0 Å². The summed E-state index contributed by atoms with van der Waals surface area (Å²) in [5, 5.41) is 10.9. The van der Waals surface area contributed by atoms with Gasteiger partial charge in [0.05, 0.1) is 10.5 Å². The van der Waals surface area contributed by atoms with Crippen molar-refractivity contribution in [3.63, 3.8) is 0 Å². The van der Waals surface area contributed by atoms with E-state index in [1.165, 1.54) is 6.07 Å². The van der Waals surface area contributed by atoms with Gasteiger partial charge in [0.2, 0.25) is 0 Å². The Labute approximate surface area is 126 Å². The molecule has 1 saturated heterocycles. The lowest BCUT2D eigenvalue weighted by Gasteiger charge is -2.27. The lowest BCUT2D eigenvalue weighted by molar-refractivity contribution is -0.385. The Balaban J connectivity index is 2.33. The Morgan fingerprint density at radius 2 is 2.15 bits per heavy atom. The topological polar surface area (TPSA) is 63.5 Å². The molecule has 1 fully saturated rings. The highest BCUT2D eigenvalue weighted by Crippen LogP contribution is 2.30. The lowest BCUT2D eigenvalue weighted by Crippen LogP contribution is -2.38. The summed E-state index contributed by atoms with van der Waals surface area (Å²) in [5.41, 5.74) is 0.297. The predicted octanol–water partition coefficient (Wildman–Crippen LogP) is 3.76. The zero-order valence-electron chi connectivity index (χ0n) is 11.3. The maximum atomic E-state index is 12.6. The van der Waals surface area contributed by atoms with Crippen molar-refractivity contribution >= 4 is 27.5 Å². The molecular weight excluding hydrogens is 324 g/mol. The zero-order chi connectivity index (χ0) is 14.7. The van der Waals surface area contributed by atoms with Crippen LogP contribution in [0.4, 0.5) is 5.69 Å². The Hall–Kier alpha value is -1.43. The van der Waals surface area contributed by atoms with Crippen molar-refractivity contribution in [1.82, 2.24) is 4.90 Å². The van der Waals surface area contributed by atoms with E-state index in [1.807, 2.05) is 11.8 Å². The summed E-state index contributed by atoms with van der Waals surface area (Å²) < 4.78 is 0.270. The van der Waals surface area contributed by atoms with Crippen LogP contribution in [0.3, 0.4) is 0 Å². The third-order valence-electron chi connectivity index (χ3n) is 3.72. The minimum atomic E-state index is -0.479. The van der Waals surface area contributed by atoms with E-state index in [0.717, 1.165) is 32.2 Å². The molecule has 108 valence electrons. The third kappa shape index (κ3) is 3.00. The van der Waals surface area contributed by atoms with Crippen molar-refractivity contribution in [1.29, 1.82) is 0 Å². The fraction of sp³-hybridized carbons (Fsp3) is 0.500. The molecule has 0 spiro atoms. The molecule has 0 aliphatic carbocycles. The van der Waals surface area contributed by atoms with Gasteiger partial charge in [0.15, 0.2) is 0 Å². The molecule has 0 radical (unpaired) electrons. The maximum absolute atomic E-state index is 12.6. The first-order valence-electron chi connectivity index (χ1n) is 6.76. The summed E-state index contributed by atoms with van der Waals surface area (Å²) in [6.07, 6.45) is 4.23. The maximum Gasteiger partial charge on any atom is 0.284 e. The number of halogens is 1. The highest BCUT2D eigenvalue weighted by atomic mass is 79.9. The van der Waals surface area contributed by atoms with E-state index in [9.17, 15) is 14.9 Å². The largest absolute Gasteiger partial charge is 0.336 e. The molecule has 1 aromatic carbocycles. The fourth-order valence-electron chi connectivity index (χ4n) is 2.56. The van der Waals surface area contributed by atoms with Crippen molar-refractivity contribution in [3.05, 3.63) is 38.3 Å². The van der Waals surface area contributed by atoms with Crippen LogP contribution in [0.1, 0.15) is 43.0 Å². The number of likely N-dealkylation sites (tertiary alicyclic amines) is 1. The summed E-state index contributed by atoms with van der Waals surface area (Å²) in [6.45, 7) is 2.75. The van der Waals surface area contributed by atoms with Crippen molar-refractivity contribution in [2.24, 2.45) is 0 Å². The Morgan fingerprint density at radius 1 is 1.40 bits per heavy atom. The summed E-state index contributed by atoms with van der Waals surface area (Å²) in [4.78, 5) is 24.9. The number of amides is 1. The second kappa shape index (κ2) is 6.35. The summed E-state index contributed by atoms with van der Waals surface area (Å²) in [5.74, 6) is -0.130. The first-order chi connectivity index (χ1) is 9.52. The van der Waals surface area contributed by atoms with Crippen LogP contribution in [0.5, 0.6) is 0 Å². The second-order valence-electron chi connectivity index (χ2n) is 5.09. The van der Waals surface area contributed by atoms with Gasteiger partial charge in [0.25, 0.3) is 11.6 Å². The van der Waals surface area contributed by atoms with Gasteiger partial charge >= 0.3 is 0 Å². The van der Waals surface area contributed by atoms with E-state index >= 15 is 0 Å². The normalized spacial score (nSPS) is 19.5. The minimum Gasteiger partial charge on any atom is -0.336 e. The van der Waals surface area contributed by atoms with Crippen molar-refractivity contribution in [3.8, 4) is 0 Å². The van der Waals surface area contributed by atoms with E-state index in [4.69, 9.17) is 0 Å². The Bertz CT molecular complexity index is 533. The second-order valence-corrected chi connectivity index (χ2v) is 5.89. The van der Waals surface area contributed by atoms with Crippen molar-refractivity contribution < 1.29 is 9.72 Å². The standard InChI is InChI=1S/C14H17BrN2O3/c1-10-6-3-2-4-9-16(10)14(18)11-7-5-8-12(13(11)15)17(19)20/h5,7-8,10H,2-4,6,9H2,1H3. The molecule has 1 aliphatic rings. The molecule has 1 aliphatic heterocycles. The number of nitro groups is 1. The van der Waals surface area contributed by atoms with Gasteiger partial charge in [0, 0.05) is 18.7 Å². The molecule has 1 unspecified atom stereocenters. The number of nitrogens with zero attached hydrogens (tertiary/aromatic N) is 2. The first kappa shape index (κ1) is 15.0. The fourth-order valence-corrected chi connectivity index (χ4v) is 3.14. The van der Waals surface area contributed by atoms with Crippen LogP contribution >= 0.6 is 15.9 Å². The number of carbonyl (C=O) groups is 1. The number of carbonyl (C=O) groups excluding carboxylic acids is 1. The third-order valence-corrected chi connectivity index (χ3v) is 4.55. The molecule has 1 amide bonds. The Morgan fingerprint density at radius 3 is 2.85 bits per heavy atom. The van der Waals surface area contributed by atoms with Gasteiger partial charge < -0.3 is 4.90 Å². The SMILES string of the molecule is CC1CCCCCN1C(=O)c1cccc([N+](=O)[O-])c1Br. The highest BCUT2D eigenvalue weighted by Gasteiger charge is 2.27. The summed E-state index contributed by atoms with van der Waals surface area (Å²) >= 11 is 3.20. The van der Waals surface area contributed by atoms with Crippen LogP contribution in [0.25, 0.3) is 0 Å². The van der Waals surface area contributed by atoms with Gasteiger partial charge in [-0.3, -0.25) is 14.9 Å². The molecule has 1 aromatic rings. The van der Waals surface area contributed by atoms with Crippen molar-refractivity contribution in [2.45, 2.75) is 38.6 Å². The number of hydrogen-bond donors (Lipinski definition) is 0.